The van der Waals surface area contributed by atoms with E-state index < -0.39 is 17.1 Å². The lowest BCUT2D eigenvalue weighted by atomic mass is 9.40. The summed E-state index contributed by atoms with van der Waals surface area (Å²) < 4.78 is 12.7. The van der Waals surface area contributed by atoms with E-state index in [0.29, 0.717) is 13.0 Å². The van der Waals surface area contributed by atoms with Crippen molar-refractivity contribution >= 4 is 11.6 Å². The Morgan fingerprint density at radius 1 is 1.10 bits per heavy atom. The molecule has 5 fully saturated rings. The minimum atomic E-state index is -1.17. The van der Waals surface area contributed by atoms with Crippen molar-refractivity contribution in [3.8, 4) is 11.5 Å². The van der Waals surface area contributed by atoms with Gasteiger partial charge in [0, 0.05) is 47.1 Å². The molecule has 1 saturated heterocycles. The maximum atomic E-state index is 14.1. The standard InChI is InChI=1S/C33H32N2O4/c1-38-23-13-12-21-16-25-30-17-24-32(19-30,29(36)34-18-20-8-4-2-5-9-20)33(24,37)28-31(30,26(21)27(23)39-28)14-15-35(25)22-10-6-3-7-11-22/h2-13,24-25,28,37H,14-19H2,1H3,(H,34,36)/t24-,25?,28-,30-,31?,32-,33?/m1/s1. The summed E-state index contributed by atoms with van der Waals surface area (Å²) in [6.45, 7) is 1.37. The number of nitrogens with one attached hydrogen (secondary N) is 1. The van der Waals surface area contributed by atoms with Crippen LogP contribution >= 0.6 is 0 Å². The van der Waals surface area contributed by atoms with Crippen molar-refractivity contribution in [3.63, 3.8) is 0 Å². The van der Waals surface area contributed by atoms with Gasteiger partial charge in [-0.2, -0.15) is 0 Å². The first-order valence-corrected chi connectivity index (χ1v) is 14.2. The quantitative estimate of drug-likeness (QED) is 0.533. The Hall–Kier alpha value is -3.51. The third-order valence-electron chi connectivity index (χ3n) is 11.7. The Bertz CT molecular complexity index is 1540. The number of anilines is 1. The van der Waals surface area contributed by atoms with Crippen molar-refractivity contribution in [1.29, 1.82) is 0 Å². The topological polar surface area (TPSA) is 71.0 Å². The fraction of sp³-hybridized carbons (Fsp3) is 0.424. The van der Waals surface area contributed by atoms with E-state index in [1.54, 1.807) is 7.11 Å². The van der Waals surface area contributed by atoms with Crippen molar-refractivity contribution in [2.45, 2.75) is 55.4 Å². The van der Waals surface area contributed by atoms with Crippen LogP contribution in [0.25, 0.3) is 0 Å². The third-order valence-corrected chi connectivity index (χ3v) is 11.7. The maximum Gasteiger partial charge on any atom is 0.229 e. The molecule has 6 bridgehead atoms. The van der Waals surface area contributed by atoms with Gasteiger partial charge in [0.25, 0.3) is 0 Å². The molecule has 7 aliphatic rings. The van der Waals surface area contributed by atoms with E-state index in [-0.39, 0.29) is 28.7 Å². The molecule has 5 aliphatic carbocycles. The lowest BCUT2D eigenvalue weighted by Crippen LogP contribution is -2.76. The highest BCUT2D eigenvalue weighted by molar-refractivity contribution is 5.92. The summed E-state index contributed by atoms with van der Waals surface area (Å²) in [6, 6.07) is 25.2. The van der Waals surface area contributed by atoms with Crippen LogP contribution in [0.5, 0.6) is 11.5 Å². The van der Waals surface area contributed by atoms with E-state index in [4.69, 9.17) is 9.47 Å². The molecular formula is C33H32N2O4. The van der Waals surface area contributed by atoms with Crippen LogP contribution in [0.15, 0.2) is 72.8 Å². The van der Waals surface area contributed by atoms with Gasteiger partial charge >= 0.3 is 0 Å². The van der Waals surface area contributed by atoms with Crippen LogP contribution in [-0.4, -0.2) is 42.4 Å². The number of rotatable bonds is 5. The molecule has 3 unspecified atom stereocenters. The summed E-state index contributed by atoms with van der Waals surface area (Å²) in [7, 11) is 1.69. The zero-order valence-corrected chi connectivity index (χ0v) is 22.0. The second kappa shape index (κ2) is 6.97. The number of carbonyl (C=O) groups is 1. The number of para-hydroxylation sites is 1. The summed E-state index contributed by atoms with van der Waals surface area (Å²) in [5.41, 5.74) is 2.40. The molecule has 198 valence electrons. The highest BCUT2D eigenvalue weighted by Gasteiger charge is 2.98. The molecule has 2 heterocycles. The number of hydrogen-bond acceptors (Lipinski definition) is 5. The van der Waals surface area contributed by atoms with Crippen molar-refractivity contribution in [2.24, 2.45) is 16.7 Å². The summed E-state index contributed by atoms with van der Waals surface area (Å²) in [4.78, 5) is 16.7. The molecule has 2 spiro atoms. The summed E-state index contributed by atoms with van der Waals surface area (Å²) >= 11 is 0. The molecule has 6 heteroatoms. The average Bonchev–Trinajstić information content (AvgIpc) is 3.24. The van der Waals surface area contributed by atoms with Gasteiger partial charge in [-0.3, -0.25) is 4.79 Å². The largest absolute Gasteiger partial charge is 0.493 e. The highest BCUT2D eigenvalue weighted by Crippen LogP contribution is 2.90. The number of piperidine rings is 1. The van der Waals surface area contributed by atoms with E-state index in [9.17, 15) is 9.90 Å². The van der Waals surface area contributed by atoms with E-state index in [2.05, 4.69) is 46.6 Å². The van der Waals surface area contributed by atoms with Crippen LogP contribution in [-0.2, 0) is 23.2 Å². The molecule has 3 aromatic rings. The Balaban J connectivity index is 1.20. The molecule has 0 aromatic heterocycles. The van der Waals surface area contributed by atoms with Gasteiger partial charge in [0.2, 0.25) is 5.91 Å². The van der Waals surface area contributed by atoms with Gasteiger partial charge in [0.1, 0.15) is 11.7 Å². The third kappa shape index (κ3) is 2.24. The van der Waals surface area contributed by atoms with Gasteiger partial charge in [-0.25, -0.2) is 0 Å². The van der Waals surface area contributed by atoms with Crippen molar-refractivity contribution in [3.05, 3.63) is 89.5 Å². The average molecular weight is 521 g/mol. The Labute approximate surface area is 227 Å². The van der Waals surface area contributed by atoms with Crippen LogP contribution in [0.2, 0.25) is 0 Å². The lowest BCUT2D eigenvalue weighted by Gasteiger charge is -2.68. The second-order valence-corrected chi connectivity index (χ2v) is 12.7. The lowest BCUT2D eigenvalue weighted by molar-refractivity contribution is -0.175. The zero-order valence-electron chi connectivity index (χ0n) is 22.0. The molecule has 1 amide bonds. The number of carbonyl (C=O) groups excluding carboxylic acids is 1. The van der Waals surface area contributed by atoms with Crippen LogP contribution in [0.3, 0.4) is 0 Å². The molecule has 2 N–H and O–H groups in total. The first-order chi connectivity index (χ1) is 19.0. The number of hydrogen-bond donors (Lipinski definition) is 2. The van der Waals surface area contributed by atoms with Crippen molar-refractivity contribution in [1.82, 2.24) is 5.32 Å². The fourth-order valence-electron chi connectivity index (χ4n) is 10.4. The minimum Gasteiger partial charge on any atom is -0.493 e. The molecule has 6 nitrogen and oxygen atoms in total. The smallest absolute Gasteiger partial charge is 0.229 e. The molecule has 10 rings (SSSR count). The normalized spacial score (nSPS) is 39.0. The van der Waals surface area contributed by atoms with E-state index in [1.165, 1.54) is 16.8 Å². The Kier molecular flexibility index (Phi) is 3.99. The van der Waals surface area contributed by atoms with Crippen LogP contribution in [0, 0.1) is 16.7 Å². The predicted octanol–water partition coefficient (Wildman–Crippen LogP) is 3.99. The number of methoxy groups -OCH3 is 1. The van der Waals surface area contributed by atoms with Gasteiger partial charge in [-0.15, -0.1) is 0 Å². The number of nitrogens with zero attached hydrogens (tertiary/aromatic N) is 1. The molecule has 7 atom stereocenters. The molecule has 2 aliphatic heterocycles. The van der Waals surface area contributed by atoms with Gasteiger partial charge in [0.05, 0.1) is 12.5 Å². The molecular weight excluding hydrogens is 488 g/mol. The Morgan fingerprint density at radius 2 is 1.87 bits per heavy atom. The van der Waals surface area contributed by atoms with E-state index >= 15 is 0 Å². The van der Waals surface area contributed by atoms with E-state index in [0.717, 1.165) is 42.9 Å². The van der Waals surface area contributed by atoms with Crippen LogP contribution in [0.1, 0.15) is 36.0 Å². The number of ether oxygens (including phenoxy) is 2. The zero-order chi connectivity index (χ0) is 26.2. The molecule has 39 heavy (non-hydrogen) atoms. The maximum absolute atomic E-state index is 14.1. The van der Waals surface area contributed by atoms with Crippen LogP contribution in [0.4, 0.5) is 5.69 Å². The second-order valence-electron chi connectivity index (χ2n) is 12.7. The summed E-state index contributed by atoms with van der Waals surface area (Å²) in [6.07, 6.45) is 2.92. The first-order valence-electron chi connectivity index (χ1n) is 14.2. The SMILES string of the molecule is COc1ccc2c3c1O[C@@H]1C34CCN(c3ccccc3)C(C2)[C@]42C[C@H]3C1(O)[C@]3(C(=O)NCc1ccccc1)C2. The number of benzene rings is 3. The summed E-state index contributed by atoms with van der Waals surface area (Å²) in [5, 5.41) is 15.8. The van der Waals surface area contributed by atoms with Gasteiger partial charge in [-0.05, 0) is 55.0 Å². The molecule has 4 saturated carbocycles. The molecule has 3 aromatic carbocycles. The van der Waals surface area contributed by atoms with Crippen molar-refractivity contribution in [2.75, 3.05) is 18.6 Å². The predicted molar refractivity (Wildman–Crippen MR) is 146 cm³/mol. The van der Waals surface area contributed by atoms with Crippen LogP contribution < -0.4 is 19.7 Å². The van der Waals surface area contributed by atoms with Crippen molar-refractivity contribution < 1.29 is 19.4 Å². The highest BCUT2D eigenvalue weighted by atomic mass is 16.5. The van der Waals surface area contributed by atoms with Gasteiger partial charge < -0.3 is 24.8 Å². The van der Waals surface area contributed by atoms with Gasteiger partial charge in [-0.1, -0.05) is 54.6 Å². The Morgan fingerprint density at radius 3 is 2.64 bits per heavy atom. The van der Waals surface area contributed by atoms with E-state index in [1.807, 2.05) is 36.4 Å². The number of amides is 1. The summed E-state index contributed by atoms with van der Waals surface area (Å²) in [5.74, 6) is 1.42. The van der Waals surface area contributed by atoms with Gasteiger partial charge in [0.15, 0.2) is 11.5 Å². The molecule has 0 radical (unpaired) electrons. The minimum absolute atomic E-state index is 0.0211. The first kappa shape index (κ1) is 22.3. The monoisotopic (exact) mass is 520 g/mol. The number of aliphatic hydroxyl groups is 1. The fourth-order valence-corrected chi connectivity index (χ4v) is 10.4.